The van der Waals surface area contributed by atoms with E-state index in [-0.39, 0.29) is 16.0 Å². The van der Waals surface area contributed by atoms with E-state index in [1.165, 1.54) is 27.3 Å². The topological polar surface area (TPSA) is 71.7 Å². The third kappa shape index (κ3) is 4.52. The van der Waals surface area contributed by atoms with Gasteiger partial charge >= 0.3 is 0 Å². The highest BCUT2D eigenvalue weighted by atomic mass is 35.5. The number of sulfonamides is 1. The van der Waals surface area contributed by atoms with E-state index >= 15 is 0 Å². The highest BCUT2D eigenvalue weighted by Gasteiger charge is 2.33. The van der Waals surface area contributed by atoms with Gasteiger partial charge in [-0.15, -0.1) is 11.3 Å². The molecule has 10 heteroatoms. The number of amides is 1. The van der Waals surface area contributed by atoms with E-state index in [9.17, 15) is 13.2 Å². The lowest BCUT2D eigenvalue weighted by atomic mass is 9.98. The van der Waals surface area contributed by atoms with Gasteiger partial charge in [-0.1, -0.05) is 42.9 Å². The van der Waals surface area contributed by atoms with Crippen LogP contribution in [0.5, 0.6) is 0 Å². The Hall–Kier alpha value is -1.52. The summed E-state index contributed by atoms with van der Waals surface area (Å²) in [5.74, 6) is -0.0113. The van der Waals surface area contributed by atoms with Crippen molar-refractivity contribution in [3.05, 3.63) is 45.0 Å². The lowest BCUT2D eigenvalue weighted by molar-refractivity contribution is -0.122. The van der Waals surface area contributed by atoms with Gasteiger partial charge in [-0.25, -0.2) is 8.42 Å². The average Bonchev–Trinajstić information content (AvgIpc) is 3.32. The molecule has 0 spiro atoms. The molecule has 0 atom stereocenters. The fourth-order valence-electron chi connectivity index (χ4n) is 3.71. The second-order valence-corrected chi connectivity index (χ2v) is 12.9. The molecule has 166 valence electrons. The smallest absolute Gasteiger partial charge is 0.252 e. The highest BCUT2D eigenvalue weighted by Crippen LogP contribution is 2.31. The van der Waals surface area contributed by atoms with Crippen LogP contribution in [-0.4, -0.2) is 36.3 Å². The number of thiophene rings is 1. The number of aromatic nitrogens is 1. The zero-order chi connectivity index (χ0) is 22.3. The number of benzene rings is 1. The number of fused-ring (bicyclic) bond motifs is 1. The number of nitrogens with zero attached hydrogens (tertiary/aromatic N) is 3. The average molecular weight is 498 g/mol. The first-order valence-electron chi connectivity index (χ1n) is 10.1. The monoisotopic (exact) mass is 497 g/mol. The number of halogens is 1. The van der Waals surface area contributed by atoms with Gasteiger partial charge in [-0.05, 0) is 48.6 Å². The Morgan fingerprint density at radius 2 is 1.87 bits per heavy atom. The summed E-state index contributed by atoms with van der Waals surface area (Å²) in [4.78, 5) is 17.9. The van der Waals surface area contributed by atoms with Crippen LogP contribution in [0.2, 0.25) is 4.34 Å². The van der Waals surface area contributed by atoms with Gasteiger partial charge in [0.1, 0.15) is 4.21 Å². The van der Waals surface area contributed by atoms with Crippen molar-refractivity contribution in [3.8, 4) is 0 Å². The fourth-order valence-corrected chi connectivity index (χ4v) is 7.89. The predicted molar refractivity (Wildman–Crippen MR) is 126 cm³/mol. The van der Waals surface area contributed by atoms with Crippen molar-refractivity contribution in [1.82, 2.24) is 8.87 Å². The van der Waals surface area contributed by atoms with Gasteiger partial charge in [-0.2, -0.15) is 9.30 Å². The minimum absolute atomic E-state index is 0.178. The maximum atomic E-state index is 12.8. The zero-order valence-electron chi connectivity index (χ0n) is 17.5. The summed E-state index contributed by atoms with van der Waals surface area (Å²) >= 11 is 8.45. The van der Waals surface area contributed by atoms with Crippen LogP contribution in [0.4, 0.5) is 0 Å². The molecule has 6 nitrogen and oxygen atoms in total. The van der Waals surface area contributed by atoms with Crippen LogP contribution in [0.3, 0.4) is 0 Å². The van der Waals surface area contributed by atoms with E-state index in [0.717, 1.165) is 21.6 Å². The normalized spacial score (nSPS) is 17.1. The van der Waals surface area contributed by atoms with Gasteiger partial charge in [0.05, 0.1) is 14.6 Å². The fraction of sp³-hybridized carbons (Fsp3) is 0.429. The molecule has 0 aliphatic carbocycles. The summed E-state index contributed by atoms with van der Waals surface area (Å²) in [5, 5.41) is 0. The number of carbonyl (C=O) groups excluding carboxylic acids is 1. The Balaban J connectivity index is 1.50. The molecule has 1 fully saturated rings. The molecule has 3 heterocycles. The van der Waals surface area contributed by atoms with Crippen LogP contribution >= 0.6 is 34.3 Å². The second-order valence-electron chi connectivity index (χ2n) is 8.01. The van der Waals surface area contributed by atoms with E-state index in [1.54, 1.807) is 6.07 Å². The van der Waals surface area contributed by atoms with E-state index < -0.39 is 10.0 Å². The number of aryl methyl sites for hydroxylation is 1. The lowest BCUT2D eigenvalue weighted by Gasteiger charge is -2.29. The molecule has 3 aromatic rings. The Morgan fingerprint density at radius 1 is 1.16 bits per heavy atom. The van der Waals surface area contributed by atoms with Crippen molar-refractivity contribution in [2.45, 2.75) is 36.8 Å². The quantitative estimate of drug-likeness (QED) is 0.528. The minimum Gasteiger partial charge on any atom is -0.319 e. The molecular weight excluding hydrogens is 474 g/mol. The van der Waals surface area contributed by atoms with E-state index in [0.29, 0.717) is 41.0 Å². The Kier molecular flexibility index (Phi) is 6.42. The van der Waals surface area contributed by atoms with Crippen molar-refractivity contribution in [2.24, 2.45) is 18.0 Å². The van der Waals surface area contributed by atoms with Gasteiger partial charge in [0.2, 0.25) is 0 Å². The molecule has 4 rings (SSSR count). The number of hydrogen-bond donors (Lipinski definition) is 0. The number of thiazole rings is 1. The number of piperidine rings is 1. The van der Waals surface area contributed by atoms with Gasteiger partial charge in [0.25, 0.3) is 15.9 Å². The van der Waals surface area contributed by atoms with Crippen LogP contribution in [-0.2, 0) is 21.9 Å². The molecule has 1 saturated heterocycles. The minimum atomic E-state index is -3.56. The largest absolute Gasteiger partial charge is 0.319 e. The molecule has 1 aromatic carbocycles. The predicted octanol–water partition coefficient (Wildman–Crippen LogP) is 4.61. The van der Waals surface area contributed by atoms with Crippen LogP contribution in [0.1, 0.15) is 38.2 Å². The standard InChI is InChI=1S/C21H24ClN3O3S3/c1-13(2)15-4-5-16-17(12-15)29-21(24(16)3)23-20(26)14-8-10-25(11-9-14)31(27,28)19-7-6-18(22)30-19/h4-7,12-14H,8-11H2,1-3H3. The van der Waals surface area contributed by atoms with Crippen LogP contribution in [0.15, 0.2) is 39.5 Å². The van der Waals surface area contributed by atoms with Crippen LogP contribution in [0.25, 0.3) is 10.2 Å². The molecule has 0 bridgehead atoms. The highest BCUT2D eigenvalue weighted by molar-refractivity contribution is 7.91. The number of carbonyl (C=O) groups is 1. The summed E-state index contributed by atoms with van der Waals surface area (Å²) in [6.07, 6.45) is 0.930. The summed E-state index contributed by atoms with van der Waals surface area (Å²) in [5.41, 5.74) is 2.31. The summed E-state index contributed by atoms with van der Waals surface area (Å²) in [6, 6.07) is 9.46. The molecule has 1 aliphatic rings. The first kappa shape index (κ1) is 22.7. The molecule has 0 radical (unpaired) electrons. The maximum absolute atomic E-state index is 12.8. The van der Waals surface area contributed by atoms with E-state index in [4.69, 9.17) is 11.6 Å². The van der Waals surface area contributed by atoms with Crippen molar-refractivity contribution in [1.29, 1.82) is 0 Å². The molecular formula is C21H24ClN3O3S3. The molecule has 0 saturated carbocycles. The van der Waals surface area contributed by atoms with Gasteiger partial charge in [0.15, 0.2) is 4.80 Å². The van der Waals surface area contributed by atoms with Gasteiger partial charge in [-0.3, -0.25) is 4.79 Å². The van der Waals surface area contributed by atoms with Gasteiger partial charge < -0.3 is 4.57 Å². The lowest BCUT2D eigenvalue weighted by Crippen LogP contribution is -2.40. The zero-order valence-corrected chi connectivity index (χ0v) is 20.7. The Labute approximate surface area is 194 Å². The molecule has 0 N–H and O–H groups in total. The Morgan fingerprint density at radius 3 is 2.48 bits per heavy atom. The maximum Gasteiger partial charge on any atom is 0.252 e. The molecule has 0 unspecified atom stereocenters. The SMILES string of the molecule is CC(C)c1ccc2c(c1)sc(=NC(=O)C1CCN(S(=O)(=O)c3ccc(Cl)s3)CC1)n2C. The summed E-state index contributed by atoms with van der Waals surface area (Å²) in [6.45, 7) is 4.92. The van der Waals surface area contributed by atoms with Crippen molar-refractivity contribution < 1.29 is 13.2 Å². The van der Waals surface area contributed by atoms with Crippen molar-refractivity contribution >= 4 is 60.4 Å². The number of rotatable bonds is 4. The molecule has 1 amide bonds. The van der Waals surface area contributed by atoms with Gasteiger partial charge in [0, 0.05) is 26.1 Å². The summed E-state index contributed by atoms with van der Waals surface area (Å²) < 4.78 is 30.7. The molecule has 2 aromatic heterocycles. The second kappa shape index (κ2) is 8.78. The van der Waals surface area contributed by atoms with Crippen molar-refractivity contribution in [3.63, 3.8) is 0 Å². The summed E-state index contributed by atoms with van der Waals surface area (Å²) in [7, 11) is -1.64. The molecule has 1 aliphatic heterocycles. The third-order valence-corrected chi connectivity index (χ3v) is 10.3. The van der Waals surface area contributed by atoms with Crippen LogP contribution in [0, 0.1) is 5.92 Å². The third-order valence-electron chi connectivity index (χ3n) is 5.65. The molecule has 31 heavy (non-hydrogen) atoms. The van der Waals surface area contributed by atoms with E-state index in [2.05, 4.69) is 37.0 Å². The van der Waals surface area contributed by atoms with Crippen molar-refractivity contribution in [2.75, 3.05) is 13.1 Å². The number of hydrogen-bond acceptors (Lipinski definition) is 5. The van der Waals surface area contributed by atoms with E-state index in [1.807, 2.05) is 11.6 Å². The first-order valence-corrected chi connectivity index (χ1v) is 13.6. The Bertz CT molecular complexity index is 1300. The van der Waals surface area contributed by atoms with Crippen LogP contribution < -0.4 is 4.80 Å². The first-order chi connectivity index (χ1) is 14.7.